The first-order valence-electron chi connectivity index (χ1n) is 4.35. The minimum Gasteiger partial charge on any atom is -0.345 e. The van der Waals surface area contributed by atoms with E-state index in [1.807, 2.05) is 0 Å². The van der Waals surface area contributed by atoms with Gasteiger partial charge in [-0.1, -0.05) is 0 Å². The van der Waals surface area contributed by atoms with E-state index in [1.165, 1.54) is 12.4 Å². The van der Waals surface area contributed by atoms with Crippen LogP contribution in [-0.2, 0) is 0 Å². The Morgan fingerprint density at radius 2 is 2.27 bits per heavy atom. The van der Waals surface area contributed by atoms with Crippen LogP contribution >= 0.6 is 0 Å². The number of Topliss-reactive ketones (excluding diaryl/α,β-unsaturated/α-hetero) is 1. The van der Waals surface area contributed by atoms with Gasteiger partial charge in [0.25, 0.3) is 0 Å². The molecule has 78 valence electrons. The minimum absolute atomic E-state index is 0.0226. The van der Waals surface area contributed by atoms with Crippen LogP contribution in [0, 0.1) is 0 Å². The van der Waals surface area contributed by atoms with Crippen LogP contribution in [0.25, 0.3) is 11.0 Å². The summed E-state index contributed by atoms with van der Waals surface area (Å²) in [6, 6.07) is 3.18. The maximum Gasteiger partial charge on any atom is 0.307 e. The summed E-state index contributed by atoms with van der Waals surface area (Å²) in [7, 11) is 0. The predicted molar refractivity (Wildman–Crippen MR) is 51.0 cm³/mol. The fourth-order valence-corrected chi connectivity index (χ4v) is 1.38. The van der Waals surface area contributed by atoms with Gasteiger partial charge in [0, 0.05) is 24.7 Å². The Kier molecular flexibility index (Phi) is 2.03. The lowest BCUT2D eigenvalue weighted by molar-refractivity contribution is 0.0223. The molecule has 0 aliphatic heterocycles. The van der Waals surface area contributed by atoms with Gasteiger partial charge in [0.1, 0.15) is 5.65 Å². The first-order chi connectivity index (χ1) is 7.00. The van der Waals surface area contributed by atoms with E-state index < -0.39 is 11.7 Å². The number of H-pyrrole nitrogens is 1. The van der Waals surface area contributed by atoms with E-state index in [0.717, 1.165) is 0 Å². The molecular formula is C10H8F2N2O. The normalized spacial score (nSPS) is 11.9. The number of pyridine rings is 1. The molecule has 2 rings (SSSR count). The Morgan fingerprint density at radius 3 is 2.93 bits per heavy atom. The standard InChI is InChI=1S/C10H8F2N2O/c1-10(11,12)8(15)7-5-14-9-6(7)3-2-4-13-9/h2-5H,1H3,(H,13,14). The van der Waals surface area contributed by atoms with Crippen molar-refractivity contribution in [2.45, 2.75) is 12.8 Å². The molecule has 0 spiro atoms. The van der Waals surface area contributed by atoms with E-state index in [1.54, 1.807) is 12.1 Å². The molecule has 0 saturated carbocycles. The van der Waals surface area contributed by atoms with Crippen molar-refractivity contribution in [1.82, 2.24) is 9.97 Å². The van der Waals surface area contributed by atoms with Crippen molar-refractivity contribution in [3.8, 4) is 0 Å². The molecule has 0 fully saturated rings. The van der Waals surface area contributed by atoms with Crippen molar-refractivity contribution >= 4 is 16.8 Å². The molecule has 0 atom stereocenters. The number of hydrogen-bond acceptors (Lipinski definition) is 2. The first-order valence-corrected chi connectivity index (χ1v) is 4.35. The molecule has 0 bridgehead atoms. The molecule has 2 aromatic rings. The Hall–Kier alpha value is -1.78. The summed E-state index contributed by atoms with van der Waals surface area (Å²) in [4.78, 5) is 17.9. The molecule has 0 radical (unpaired) electrons. The number of ketones is 1. The molecule has 0 amide bonds. The van der Waals surface area contributed by atoms with E-state index in [4.69, 9.17) is 0 Å². The minimum atomic E-state index is -3.36. The molecular weight excluding hydrogens is 202 g/mol. The summed E-state index contributed by atoms with van der Waals surface area (Å²) < 4.78 is 25.6. The van der Waals surface area contributed by atoms with Gasteiger partial charge >= 0.3 is 5.92 Å². The number of alkyl halides is 2. The van der Waals surface area contributed by atoms with Crippen LogP contribution in [0.3, 0.4) is 0 Å². The molecule has 2 aromatic heterocycles. The number of aromatic nitrogens is 2. The maximum absolute atomic E-state index is 12.8. The number of hydrogen-bond donors (Lipinski definition) is 1. The SMILES string of the molecule is CC(F)(F)C(=O)c1c[nH]c2ncccc12. The van der Waals surface area contributed by atoms with Gasteiger partial charge in [-0.05, 0) is 12.1 Å². The summed E-state index contributed by atoms with van der Waals surface area (Å²) >= 11 is 0. The Labute approximate surface area is 84.1 Å². The number of aromatic amines is 1. The molecule has 15 heavy (non-hydrogen) atoms. The summed E-state index contributed by atoms with van der Waals surface area (Å²) in [6.07, 6.45) is 2.79. The van der Waals surface area contributed by atoms with Gasteiger partial charge in [-0.2, -0.15) is 8.78 Å². The molecule has 0 saturated heterocycles. The van der Waals surface area contributed by atoms with Crippen LogP contribution in [0.1, 0.15) is 17.3 Å². The second-order valence-corrected chi connectivity index (χ2v) is 3.32. The van der Waals surface area contributed by atoms with Crippen molar-refractivity contribution < 1.29 is 13.6 Å². The van der Waals surface area contributed by atoms with E-state index in [-0.39, 0.29) is 5.56 Å². The highest BCUT2D eigenvalue weighted by molar-refractivity contribution is 6.10. The topological polar surface area (TPSA) is 45.8 Å². The largest absolute Gasteiger partial charge is 0.345 e. The van der Waals surface area contributed by atoms with Gasteiger partial charge in [-0.15, -0.1) is 0 Å². The number of halogens is 2. The average Bonchev–Trinajstić information content (AvgIpc) is 2.58. The van der Waals surface area contributed by atoms with Gasteiger partial charge in [0.15, 0.2) is 0 Å². The van der Waals surface area contributed by atoms with Crippen LogP contribution in [0.4, 0.5) is 8.78 Å². The molecule has 0 aromatic carbocycles. The monoisotopic (exact) mass is 210 g/mol. The van der Waals surface area contributed by atoms with E-state index in [0.29, 0.717) is 18.0 Å². The molecule has 0 aliphatic rings. The second kappa shape index (κ2) is 3.12. The number of nitrogens with one attached hydrogen (secondary N) is 1. The zero-order chi connectivity index (χ0) is 11.1. The van der Waals surface area contributed by atoms with E-state index in [9.17, 15) is 13.6 Å². The second-order valence-electron chi connectivity index (χ2n) is 3.32. The smallest absolute Gasteiger partial charge is 0.307 e. The first kappa shape index (κ1) is 9.76. The summed E-state index contributed by atoms with van der Waals surface area (Å²) in [5, 5.41) is 0.420. The number of fused-ring (bicyclic) bond motifs is 1. The van der Waals surface area contributed by atoms with Crippen molar-refractivity contribution in [2.75, 3.05) is 0 Å². The van der Waals surface area contributed by atoms with Crippen molar-refractivity contribution in [1.29, 1.82) is 0 Å². The number of rotatable bonds is 2. The lowest BCUT2D eigenvalue weighted by Crippen LogP contribution is -2.23. The molecule has 0 aliphatic carbocycles. The molecule has 2 heterocycles. The molecule has 3 nitrogen and oxygen atoms in total. The Balaban J connectivity index is 2.58. The Bertz CT molecular complexity index is 513. The van der Waals surface area contributed by atoms with Crippen LogP contribution in [0.2, 0.25) is 0 Å². The molecule has 1 N–H and O–H groups in total. The zero-order valence-electron chi connectivity index (χ0n) is 7.92. The van der Waals surface area contributed by atoms with Crippen LogP contribution in [0.5, 0.6) is 0 Å². The third-order valence-electron chi connectivity index (χ3n) is 2.09. The predicted octanol–water partition coefficient (Wildman–Crippen LogP) is 2.40. The van der Waals surface area contributed by atoms with Crippen molar-refractivity contribution in [3.63, 3.8) is 0 Å². The van der Waals surface area contributed by atoms with Crippen molar-refractivity contribution in [3.05, 3.63) is 30.1 Å². The number of carbonyl (C=O) groups excluding carboxylic acids is 1. The average molecular weight is 210 g/mol. The quantitative estimate of drug-likeness (QED) is 0.773. The lowest BCUT2D eigenvalue weighted by Gasteiger charge is -2.06. The van der Waals surface area contributed by atoms with Gasteiger partial charge in [-0.3, -0.25) is 4.79 Å². The van der Waals surface area contributed by atoms with E-state index >= 15 is 0 Å². The fraction of sp³-hybridized carbons (Fsp3) is 0.200. The number of nitrogens with zero attached hydrogens (tertiary/aromatic N) is 1. The molecule has 5 heteroatoms. The maximum atomic E-state index is 12.8. The lowest BCUT2D eigenvalue weighted by atomic mass is 10.1. The van der Waals surface area contributed by atoms with Gasteiger partial charge in [-0.25, -0.2) is 4.98 Å². The fourth-order valence-electron chi connectivity index (χ4n) is 1.38. The van der Waals surface area contributed by atoms with Crippen molar-refractivity contribution in [2.24, 2.45) is 0 Å². The third-order valence-corrected chi connectivity index (χ3v) is 2.09. The van der Waals surface area contributed by atoms with Crippen LogP contribution in [-0.4, -0.2) is 21.7 Å². The number of carbonyl (C=O) groups is 1. The zero-order valence-corrected chi connectivity index (χ0v) is 7.92. The summed E-state index contributed by atoms with van der Waals surface area (Å²) in [5.41, 5.74) is 0.413. The molecule has 0 unspecified atom stereocenters. The van der Waals surface area contributed by atoms with Gasteiger partial charge < -0.3 is 4.98 Å². The third kappa shape index (κ3) is 1.60. The van der Waals surface area contributed by atoms with E-state index in [2.05, 4.69) is 9.97 Å². The summed E-state index contributed by atoms with van der Waals surface area (Å²) in [5.74, 6) is -4.55. The Morgan fingerprint density at radius 1 is 1.53 bits per heavy atom. The van der Waals surface area contributed by atoms with Gasteiger partial charge in [0.2, 0.25) is 5.78 Å². The highest BCUT2D eigenvalue weighted by Crippen LogP contribution is 2.24. The van der Waals surface area contributed by atoms with Crippen LogP contribution < -0.4 is 0 Å². The van der Waals surface area contributed by atoms with Crippen LogP contribution in [0.15, 0.2) is 24.5 Å². The highest BCUT2D eigenvalue weighted by atomic mass is 19.3. The summed E-state index contributed by atoms with van der Waals surface area (Å²) in [6.45, 7) is 0.588. The van der Waals surface area contributed by atoms with Gasteiger partial charge in [0.05, 0.1) is 5.56 Å². The highest BCUT2D eigenvalue weighted by Gasteiger charge is 2.34.